The molecule has 2 atom stereocenters. The molecule has 1 saturated heterocycles. The van der Waals surface area contributed by atoms with Crippen molar-refractivity contribution in [1.29, 1.82) is 0 Å². The molecular formula is C8H11NO5S. The summed E-state index contributed by atoms with van der Waals surface area (Å²) in [6.45, 7) is 0. The van der Waals surface area contributed by atoms with Gasteiger partial charge in [-0.25, -0.2) is 0 Å². The summed E-state index contributed by atoms with van der Waals surface area (Å²) in [5.74, 6) is -1.65. The highest BCUT2D eigenvalue weighted by Crippen LogP contribution is 2.32. The first-order valence-electron chi connectivity index (χ1n) is 4.13. The molecule has 0 amide bonds. The van der Waals surface area contributed by atoms with Crippen molar-refractivity contribution in [3.05, 3.63) is 0 Å². The fourth-order valence-corrected chi connectivity index (χ4v) is 2.61. The number of methoxy groups -OCH3 is 2. The molecule has 1 N–H and O–H groups in total. The zero-order valence-corrected chi connectivity index (χ0v) is 9.11. The molecule has 0 spiro atoms. The van der Waals surface area contributed by atoms with Crippen molar-refractivity contribution in [2.75, 3.05) is 20.0 Å². The van der Waals surface area contributed by atoms with Crippen LogP contribution >= 0.6 is 11.8 Å². The summed E-state index contributed by atoms with van der Waals surface area (Å²) in [4.78, 5) is 22.7. The molecule has 6 nitrogen and oxygen atoms in total. The van der Waals surface area contributed by atoms with Gasteiger partial charge in [0.15, 0.2) is 0 Å². The fraction of sp³-hybridized carbons (Fsp3) is 0.625. The molecule has 0 aromatic rings. The van der Waals surface area contributed by atoms with Crippen molar-refractivity contribution in [2.45, 2.75) is 5.25 Å². The Labute approximate surface area is 90.6 Å². The molecule has 0 unspecified atom stereocenters. The van der Waals surface area contributed by atoms with Crippen molar-refractivity contribution in [3.63, 3.8) is 0 Å². The van der Waals surface area contributed by atoms with E-state index in [1.807, 2.05) is 0 Å². The largest absolute Gasteiger partial charge is 0.468 e. The molecule has 0 saturated carbocycles. The fourth-order valence-electron chi connectivity index (χ4n) is 1.33. The van der Waals surface area contributed by atoms with Gasteiger partial charge < -0.3 is 14.7 Å². The van der Waals surface area contributed by atoms with Gasteiger partial charge in [0.05, 0.1) is 19.9 Å². The number of nitrogens with zero attached hydrogens (tertiary/aromatic N) is 1. The SMILES string of the molecule is COC(=O)[C@H]1C(=NO)CS[C@@H]1C(=O)OC. The number of thioether (sulfide) groups is 1. The van der Waals surface area contributed by atoms with Gasteiger partial charge in [0, 0.05) is 5.75 Å². The molecule has 0 bridgehead atoms. The zero-order chi connectivity index (χ0) is 11.4. The van der Waals surface area contributed by atoms with Gasteiger partial charge in [0.25, 0.3) is 0 Å². The molecule has 1 aliphatic rings. The molecule has 15 heavy (non-hydrogen) atoms. The molecule has 0 aromatic heterocycles. The first-order valence-corrected chi connectivity index (χ1v) is 5.18. The Bertz CT molecular complexity index is 303. The smallest absolute Gasteiger partial charge is 0.320 e. The number of rotatable bonds is 2. The van der Waals surface area contributed by atoms with E-state index in [4.69, 9.17) is 5.21 Å². The lowest BCUT2D eigenvalue weighted by Gasteiger charge is -2.13. The molecule has 7 heteroatoms. The van der Waals surface area contributed by atoms with Crippen LogP contribution in [0, 0.1) is 5.92 Å². The van der Waals surface area contributed by atoms with E-state index in [2.05, 4.69) is 14.6 Å². The third-order valence-corrected chi connectivity index (χ3v) is 3.38. The monoisotopic (exact) mass is 233 g/mol. The summed E-state index contributed by atoms with van der Waals surface area (Å²) < 4.78 is 9.09. The molecule has 0 aromatic carbocycles. The minimum absolute atomic E-state index is 0.238. The Morgan fingerprint density at radius 3 is 2.47 bits per heavy atom. The average Bonchev–Trinajstić information content (AvgIpc) is 2.70. The lowest BCUT2D eigenvalue weighted by atomic mass is 10.0. The van der Waals surface area contributed by atoms with Crippen LogP contribution < -0.4 is 0 Å². The van der Waals surface area contributed by atoms with Crippen LogP contribution in [0.2, 0.25) is 0 Å². The minimum Gasteiger partial charge on any atom is -0.468 e. The van der Waals surface area contributed by atoms with Gasteiger partial charge in [-0.3, -0.25) is 9.59 Å². The summed E-state index contributed by atoms with van der Waals surface area (Å²) in [6, 6.07) is 0. The van der Waals surface area contributed by atoms with E-state index in [0.717, 1.165) is 0 Å². The number of oxime groups is 1. The number of ether oxygens (including phenoxy) is 2. The van der Waals surface area contributed by atoms with Crippen LogP contribution in [0.15, 0.2) is 5.16 Å². The van der Waals surface area contributed by atoms with E-state index in [1.165, 1.54) is 26.0 Å². The third-order valence-electron chi connectivity index (χ3n) is 2.09. The molecule has 1 heterocycles. The van der Waals surface area contributed by atoms with E-state index in [-0.39, 0.29) is 5.71 Å². The minimum atomic E-state index is -0.850. The highest BCUT2D eigenvalue weighted by molar-refractivity contribution is 8.01. The Morgan fingerprint density at radius 1 is 1.40 bits per heavy atom. The van der Waals surface area contributed by atoms with E-state index in [0.29, 0.717) is 5.75 Å². The first kappa shape index (κ1) is 11.8. The molecule has 0 radical (unpaired) electrons. The van der Waals surface area contributed by atoms with Gasteiger partial charge >= 0.3 is 11.9 Å². The summed E-state index contributed by atoms with van der Waals surface area (Å²) >= 11 is 1.19. The topological polar surface area (TPSA) is 85.2 Å². The first-order chi connectivity index (χ1) is 7.15. The van der Waals surface area contributed by atoms with Gasteiger partial charge in [0.2, 0.25) is 0 Å². The average molecular weight is 233 g/mol. The molecule has 1 aliphatic heterocycles. The summed E-state index contributed by atoms with van der Waals surface area (Å²) in [7, 11) is 2.46. The maximum Gasteiger partial charge on any atom is 0.320 e. The summed E-state index contributed by atoms with van der Waals surface area (Å²) in [6.07, 6.45) is 0. The van der Waals surface area contributed by atoms with Crippen LogP contribution in [0.3, 0.4) is 0 Å². The van der Waals surface area contributed by atoms with Gasteiger partial charge in [-0.05, 0) is 0 Å². The van der Waals surface area contributed by atoms with Crippen LogP contribution in [0.4, 0.5) is 0 Å². The predicted molar refractivity (Wildman–Crippen MR) is 53.0 cm³/mol. The number of hydrogen-bond acceptors (Lipinski definition) is 7. The van der Waals surface area contributed by atoms with Crippen LogP contribution in [0.25, 0.3) is 0 Å². The van der Waals surface area contributed by atoms with Gasteiger partial charge in [-0.2, -0.15) is 0 Å². The van der Waals surface area contributed by atoms with Crippen molar-refractivity contribution in [2.24, 2.45) is 11.1 Å². The highest BCUT2D eigenvalue weighted by atomic mass is 32.2. The van der Waals surface area contributed by atoms with E-state index in [1.54, 1.807) is 0 Å². The van der Waals surface area contributed by atoms with Crippen LogP contribution in [-0.4, -0.2) is 48.1 Å². The third kappa shape index (κ3) is 2.23. The summed E-state index contributed by atoms with van der Waals surface area (Å²) in [5.41, 5.74) is 0.238. The zero-order valence-electron chi connectivity index (χ0n) is 8.30. The highest BCUT2D eigenvalue weighted by Gasteiger charge is 2.45. The second kappa shape index (κ2) is 5.01. The van der Waals surface area contributed by atoms with Crippen LogP contribution in [0.5, 0.6) is 0 Å². The van der Waals surface area contributed by atoms with Crippen molar-refractivity contribution >= 4 is 29.4 Å². The van der Waals surface area contributed by atoms with E-state index < -0.39 is 23.1 Å². The Hall–Kier alpha value is -1.24. The Balaban J connectivity index is 2.91. The molecule has 1 fully saturated rings. The number of carbonyl (C=O) groups is 2. The second-order valence-corrected chi connectivity index (χ2v) is 3.98. The second-order valence-electron chi connectivity index (χ2n) is 2.85. The maximum atomic E-state index is 11.4. The van der Waals surface area contributed by atoms with Gasteiger partial charge in [0.1, 0.15) is 11.2 Å². The maximum absolute atomic E-state index is 11.4. The predicted octanol–water partition coefficient (Wildman–Crippen LogP) is -0.106. The standard InChI is InChI=1S/C8H11NO5S/c1-13-7(10)5-4(9-12)3-15-6(5)8(11)14-2/h5-6,12H,3H2,1-2H3/t5-,6-/m0/s1. The molecular weight excluding hydrogens is 222 g/mol. The van der Waals surface area contributed by atoms with Crippen molar-refractivity contribution in [3.8, 4) is 0 Å². The van der Waals surface area contributed by atoms with Gasteiger partial charge in [-0.15, -0.1) is 11.8 Å². The quantitative estimate of drug-likeness (QED) is 0.407. The summed E-state index contributed by atoms with van der Waals surface area (Å²) in [5, 5.41) is 11.0. The van der Waals surface area contributed by atoms with Gasteiger partial charge in [-0.1, -0.05) is 5.16 Å². The number of carbonyl (C=O) groups excluding carboxylic acids is 2. The molecule has 0 aliphatic carbocycles. The van der Waals surface area contributed by atoms with Crippen LogP contribution in [0.1, 0.15) is 0 Å². The van der Waals surface area contributed by atoms with E-state index in [9.17, 15) is 9.59 Å². The molecule has 1 rings (SSSR count). The number of esters is 2. The van der Waals surface area contributed by atoms with E-state index >= 15 is 0 Å². The Kier molecular flexibility index (Phi) is 3.96. The van der Waals surface area contributed by atoms with Crippen LogP contribution in [-0.2, 0) is 19.1 Å². The molecule has 84 valence electrons. The number of hydrogen-bond donors (Lipinski definition) is 1. The van der Waals surface area contributed by atoms with Crippen molar-refractivity contribution in [1.82, 2.24) is 0 Å². The normalized spacial score (nSPS) is 27.7. The lowest BCUT2D eigenvalue weighted by molar-refractivity contribution is -0.148. The van der Waals surface area contributed by atoms with Crippen molar-refractivity contribution < 1.29 is 24.3 Å². The Morgan fingerprint density at radius 2 is 2.00 bits per heavy atom. The lowest BCUT2D eigenvalue weighted by Crippen LogP contribution is -2.34.